The predicted molar refractivity (Wildman–Crippen MR) is 74.8 cm³/mol. The van der Waals surface area contributed by atoms with Crippen LogP contribution in [-0.4, -0.2) is 11.0 Å². The van der Waals surface area contributed by atoms with E-state index in [2.05, 4.69) is 26.2 Å². The third-order valence-corrected chi connectivity index (χ3v) is 3.76. The molecule has 1 aromatic heterocycles. The number of rotatable bonds is 6. The monoisotopic (exact) mass is 322 g/mol. The lowest BCUT2D eigenvalue weighted by Gasteiger charge is -2.03. The van der Waals surface area contributed by atoms with Crippen molar-refractivity contribution < 1.29 is 9.15 Å². The summed E-state index contributed by atoms with van der Waals surface area (Å²) in [6.45, 7) is 1.18. The second-order valence-corrected chi connectivity index (χ2v) is 5.49. The van der Waals surface area contributed by atoms with Crippen LogP contribution >= 0.6 is 15.9 Å². The Balaban J connectivity index is 1.53. The molecule has 0 atom stereocenters. The number of aromatic nitrogens is 1. The van der Waals surface area contributed by atoms with Gasteiger partial charge in [-0.2, -0.15) is 4.98 Å². The summed E-state index contributed by atoms with van der Waals surface area (Å²) in [6, 6.07) is 8.60. The molecule has 1 aliphatic carbocycles. The largest absolute Gasteiger partial charge is 0.445 e. The zero-order valence-corrected chi connectivity index (χ0v) is 12.0. The van der Waals surface area contributed by atoms with Crippen LogP contribution in [0.15, 0.2) is 39.4 Å². The van der Waals surface area contributed by atoms with Crippen molar-refractivity contribution in [2.45, 2.75) is 32.0 Å². The SMILES string of the molecule is Brc1ccccc1COc1nc(CNC2CC2)co1. The second-order valence-electron chi connectivity index (χ2n) is 4.64. The zero-order chi connectivity index (χ0) is 13.1. The molecule has 1 saturated carbocycles. The maximum absolute atomic E-state index is 5.54. The van der Waals surface area contributed by atoms with Gasteiger partial charge >= 0.3 is 6.08 Å². The smallest absolute Gasteiger partial charge is 0.394 e. The normalized spacial score (nSPS) is 14.6. The number of hydrogen-bond acceptors (Lipinski definition) is 4. The van der Waals surface area contributed by atoms with E-state index in [1.807, 2.05) is 24.3 Å². The molecule has 1 heterocycles. The van der Waals surface area contributed by atoms with Gasteiger partial charge in [-0.25, -0.2) is 0 Å². The summed E-state index contributed by atoms with van der Waals surface area (Å²) in [5.74, 6) is 0. The average Bonchev–Trinajstić information content (AvgIpc) is 3.14. The van der Waals surface area contributed by atoms with Crippen molar-refractivity contribution in [1.29, 1.82) is 0 Å². The minimum atomic E-state index is 0.323. The summed E-state index contributed by atoms with van der Waals surface area (Å²) >= 11 is 3.48. The lowest BCUT2D eigenvalue weighted by molar-refractivity contribution is 0.219. The first-order valence-corrected chi connectivity index (χ1v) is 7.14. The molecular formula is C14H15BrN2O2. The van der Waals surface area contributed by atoms with E-state index in [0.717, 1.165) is 22.3 Å². The first kappa shape index (κ1) is 12.7. The van der Waals surface area contributed by atoms with Crippen molar-refractivity contribution in [2.24, 2.45) is 0 Å². The molecule has 1 fully saturated rings. The molecule has 0 aliphatic heterocycles. The van der Waals surface area contributed by atoms with Crippen LogP contribution in [0.2, 0.25) is 0 Å². The molecule has 0 bridgehead atoms. The maximum Gasteiger partial charge on any atom is 0.394 e. The van der Waals surface area contributed by atoms with Gasteiger partial charge in [0.2, 0.25) is 0 Å². The van der Waals surface area contributed by atoms with Crippen LogP contribution in [0.5, 0.6) is 6.08 Å². The molecule has 3 rings (SSSR count). The van der Waals surface area contributed by atoms with Crippen LogP contribution in [0.3, 0.4) is 0 Å². The topological polar surface area (TPSA) is 47.3 Å². The second kappa shape index (κ2) is 5.75. The maximum atomic E-state index is 5.54. The van der Waals surface area contributed by atoms with Crippen LogP contribution in [0.4, 0.5) is 0 Å². The van der Waals surface area contributed by atoms with Crippen LogP contribution in [0, 0.1) is 0 Å². The highest BCUT2D eigenvalue weighted by atomic mass is 79.9. The molecule has 5 heteroatoms. The molecule has 4 nitrogen and oxygen atoms in total. The summed E-state index contributed by atoms with van der Waals surface area (Å²) in [4.78, 5) is 4.29. The van der Waals surface area contributed by atoms with Crippen molar-refractivity contribution in [1.82, 2.24) is 10.3 Å². The van der Waals surface area contributed by atoms with Crippen LogP contribution in [-0.2, 0) is 13.2 Å². The van der Waals surface area contributed by atoms with Gasteiger partial charge in [0.15, 0.2) is 0 Å². The third-order valence-electron chi connectivity index (χ3n) is 2.99. The minimum absolute atomic E-state index is 0.323. The fraction of sp³-hybridized carbons (Fsp3) is 0.357. The van der Waals surface area contributed by atoms with Crippen molar-refractivity contribution >= 4 is 15.9 Å². The molecule has 0 amide bonds. The van der Waals surface area contributed by atoms with E-state index >= 15 is 0 Å². The molecule has 2 aromatic rings. The Morgan fingerprint density at radius 3 is 3.00 bits per heavy atom. The molecule has 0 spiro atoms. The zero-order valence-electron chi connectivity index (χ0n) is 10.4. The highest BCUT2D eigenvalue weighted by Crippen LogP contribution is 2.21. The van der Waals surface area contributed by atoms with E-state index in [4.69, 9.17) is 9.15 Å². The van der Waals surface area contributed by atoms with Crippen molar-refractivity contribution in [3.05, 3.63) is 46.3 Å². The number of oxazole rings is 1. The number of benzene rings is 1. The number of ether oxygens (including phenoxy) is 1. The minimum Gasteiger partial charge on any atom is -0.445 e. The molecule has 1 aromatic carbocycles. The van der Waals surface area contributed by atoms with E-state index in [0.29, 0.717) is 18.7 Å². The first-order chi connectivity index (χ1) is 9.31. The van der Waals surface area contributed by atoms with Gasteiger partial charge in [-0.1, -0.05) is 34.1 Å². The van der Waals surface area contributed by atoms with Gasteiger partial charge in [0, 0.05) is 22.6 Å². The lowest BCUT2D eigenvalue weighted by Crippen LogP contribution is -2.15. The van der Waals surface area contributed by atoms with Gasteiger partial charge < -0.3 is 14.5 Å². The fourth-order valence-electron chi connectivity index (χ4n) is 1.73. The molecule has 19 heavy (non-hydrogen) atoms. The molecule has 0 unspecified atom stereocenters. The summed E-state index contributed by atoms with van der Waals surface area (Å²) in [7, 11) is 0. The van der Waals surface area contributed by atoms with Crippen molar-refractivity contribution in [3.63, 3.8) is 0 Å². The Bertz CT molecular complexity index is 552. The third kappa shape index (κ3) is 3.58. The predicted octanol–water partition coefficient (Wildman–Crippen LogP) is 3.27. The Kier molecular flexibility index (Phi) is 3.84. The van der Waals surface area contributed by atoms with E-state index in [-0.39, 0.29) is 0 Å². The molecule has 0 radical (unpaired) electrons. The van der Waals surface area contributed by atoms with E-state index in [1.165, 1.54) is 12.8 Å². The lowest BCUT2D eigenvalue weighted by atomic mass is 10.2. The molecular weight excluding hydrogens is 308 g/mol. The van der Waals surface area contributed by atoms with Gasteiger partial charge in [0.05, 0.1) is 5.69 Å². The van der Waals surface area contributed by atoms with Crippen molar-refractivity contribution in [3.8, 4) is 6.08 Å². The van der Waals surface area contributed by atoms with E-state index in [9.17, 15) is 0 Å². The highest BCUT2D eigenvalue weighted by molar-refractivity contribution is 9.10. The van der Waals surface area contributed by atoms with Gasteiger partial charge in [-0.3, -0.25) is 0 Å². The standard InChI is InChI=1S/C14H15BrN2O2/c15-13-4-2-1-3-10(13)8-18-14-17-12(9-19-14)7-16-11-5-6-11/h1-4,9,11,16H,5-8H2. The van der Waals surface area contributed by atoms with Gasteiger partial charge in [0.1, 0.15) is 12.9 Å². The van der Waals surface area contributed by atoms with Crippen molar-refractivity contribution in [2.75, 3.05) is 0 Å². The molecule has 1 aliphatic rings. The number of nitrogens with one attached hydrogen (secondary N) is 1. The van der Waals surface area contributed by atoms with Gasteiger partial charge in [-0.15, -0.1) is 0 Å². The summed E-state index contributed by atoms with van der Waals surface area (Å²) in [5, 5.41) is 3.38. The average molecular weight is 323 g/mol. The van der Waals surface area contributed by atoms with Crippen LogP contribution in [0.1, 0.15) is 24.1 Å². The van der Waals surface area contributed by atoms with Gasteiger partial charge in [0.25, 0.3) is 0 Å². The van der Waals surface area contributed by atoms with Gasteiger partial charge in [-0.05, 0) is 18.9 Å². The highest BCUT2D eigenvalue weighted by Gasteiger charge is 2.20. The fourth-order valence-corrected chi connectivity index (χ4v) is 2.13. The first-order valence-electron chi connectivity index (χ1n) is 6.35. The molecule has 100 valence electrons. The summed E-state index contributed by atoms with van der Waals surface area (Å²) in [6.07, 6.45) is 4.50. The summed E-state index contributed by atoms with van der Waals surface area (Å²) < 4.78 is 11.9. The Labute approximate surface area is 120 Å². The molecule has 1 N–H and O–H groups in total. The Morgan fingerprint density at radius 1 is 1.37 bits per heavy atom. The number of halogens is 1. The Morgan fingerprint density at radius 2 is 2.21 bits per heavy atom. The van der Waals surface area contributed by atoms with E-state index < -0.39 is 0 Å². The number of nitrogens with zero attached hydrogens (tertiary/aromatic N) is 1. The van der Waals surface area contributed by atoms with Crippen LogP contribution < -0.4 is 10.1 Å². The Hall–Kier alpha value is -1.33. The summed E-state index contributed by atoms with van der Waals surface area (Å²) in [5.41, 5.74) is 1.95. The number of hydrogen-bond donors (Lipinski definition) is 1. The van der Waals surface area contributed by atoms with Crippen LogP contribution in [0.25, 0.3) is 0 Å². The molecule has 0 saturated heterocycles. The quantitative estimate of drug-likeness (QED) is 0.886. The van der Waals surface area contributed by atoms with E-state index in [1.54, 1.807) is 6.26 Å².